The average molecular weight is 600 g/mol. The van der Waals surface area contributed by atoms with Gasteiger partial charge in [0.05, 0.1) is 28.5 Å². The molecule has 6 nitrogen and oxygen atoms in total. The van der Waals surface area contributed by atoms with Crippen LogP contribution in [0.25, 0.3) is 38.7 Å². The number of fused-ring (bicyclic) bond motifs is 6. The van der Waals surface area contributed by atoms with Gasteiger partial charge in [-0.2, -0.15) is 4.98 Å². The monoisotopic (exact) mass is 599 g/mol. The number of rotatable bonds is 3. The number of aromatic hydroxyl groups is 1. The van der Waals surface area contributed by atoms with E-state index in [1.807, 2.05) is 77.3 Å². The summed E-state index contributed by atoms with van der Waals surface area (Å²) in [4.78, 5) is 13.6. The van der Waals surface area contributed by atoms with Gasteiger partial charge in [-0.1, -0.05) is 42.5 Å². The molecular formula is C25H16N4O2Pt. The Bertz CT molecular complexity index is 1580. The molecule has 0 aliphatic carbocycles. The Labute approximate surface area is 197 Å². The molecule has 0 amide bonds. The van der Waals surface area contributed by atoms with Crippen molar-refractivity contribution in [2.24, 2.45) is 0 Å². The van der Waals surface area contributed by atoms with Crippen LogP contribution in [0.15, 0.2) is 91.3 Å². The summed E-state index contributed by atoms with van der Waals surface area (Å²) in [6.45, 7) is 0. The number of hydrogen-bond donors (Lipinski definition) is 1. The van der Waals surface area contributed by atoms with Crippen LogP contribution >= 0.6 is 0 Å². The van der Waals surface area contributed by atoms with Crippen molar-refractivity contribution in [3.05, 3.63) is 91.3 Å². The van der Waals surface area contributed by atoms with Gasteiger partial charge in [-0.05, 0) is 35.7 Å². The van der Waals surface area contributed by atoms with E-state index in [9.17, 15) is 5.11 Å². The van der Waals surface area contributed by atoms with Gasteiger partial charge in [-0.3, -0.25) is 9.38 Å². The molecule has 7 heteroatoms. The number of aromatic nitrogens is 4. The Kier molecular flexibility index (Phi) is 5.08. The molecule has 0 saturated heterocycles. The minimum Gasteiger partial charge on any atom is -0.507 e. The van der Waals surface area contributed by atoms with Gasteiger partial charge < -0.3 is 9.84 Å². The quantitative estimate of drug-likeness (QED) is 0.269. The SMILES string of the molecule is Oc1cccc2c3ccccc3n3cc(Oc4cccc(-c5ccccn5)n4)nc3c12.[Pt]. The first-order valence-corrected chi connectivity index (χ1v) is 9.86. The Hall–Kier alpha value is -3.76. The van der Waals surface area contributed by atoms with Gasteiger partial charge >= 0.3 is 0 Å². The Balaban J connectivity index is 0.00000216. The first kappa shape index (κ1) is 20.2. The van der Waals surface area contributed by atoms with E-state index < -0.39 is 0 Å². The first-order valence-electron chi connectivity index (χ1n) is 9.86. The number of para-hydroxylation sites is 1. The number of phenolic OH excluding ortho intramolecular Hbond substituents is 1. The Morgan fingerprint density at radius 1 is 0.719 bits per heavy atom. The molecule has 0 bridgehead atoms. The van der Waals surface area contributed by atoms with E-state index in [0.29, 0.717) is 22.8 Å². The molecule has 0 aliphatic rings. The number of imidazole rings is 1. The summed E-state index contributed by atoms with van der Waals surface area (Å²) < 4.78 is 7.95. The molecule has 0 saturated carbocycles. The second-order valence-electron chi connectivity index (χ2n) is 7.17. The summed E-state index contributed by atoms with van der Waals surface area (Å²) in [6.07, 6.45) is 3.55. The number of hydrogen-bond acceptors (Lipinski definition) is 5. The largest absolute Gasteiger partial charge is 0.507 e. The molecule has 32 heavy (non-hydrogen) atoms. The third-order valence-electron chi connectivity index (χ3n) is 5.26. The fourth-order valence-corrected chi connectivity index (χ4v) is 3.91. The fourth-order valence-electron chi connectivity index (χ4n) is 3.91. The van der Waals surface area contributed by atoms with E-state index in [2.05, 4.69) is 15.0 Å². The van der Waals surface area contributed by atoms with Crippen LogP contribution in [0.4, 0.5) is 0 Å². The molecule has 2 aromatic carbocycles. The van der Waals surface area contributed by atoms with Crippen LogP contribution in [-0.2, 0) is 21.1 Å². The Morgan fingerprint density at radius 3 is 2.38 bits per heavy atom. The molecule has 6 rings (SSSR count). The molecule has 0 spiro atoms. The third-order valence-corrected chi connectivity index (χ3v) is 5.26. The molecule has 1 N–H and O–H groups in total. The number of phenols is 1. The van der Waals surface area contributed by atoms with E-state index in [-0.39, 0.29) is 26.8 Å². The summed E-state index contributed by atoms with van der Waals surface area (Å²) in [5.74, 6) is 0.997. The van der Waals surface area contributed by atoms with Crippen LogP contribution in [0.3, 0.4) is 0 Å². The van der Waals surface area contributed by atoms with Crippen LogP contribution in [0.1, 0.15) is 0 Å². The van der Waals surface area contributed by atoms with Gasteiger partial charge in [-0.25, -0.2) is 4.98 Å². The number of benzene rings is 2. The van der Waals surface area contributed by atoms with Crippen molar-refractivity contribution in [3.63, 3.8) is 0 Å². The zero-order valence-electron chi connectivity index (χ0n) is 16.6. The fraction of sp³-hybridized carbons (Fsp3) is 0. The minimum atomic E-state index is 0. The van der Waals surface area contributed by atoms with Crippen LogP contribution in [0.5, 0.6) is 17.5 Å². The zero-order valence-corrected chi connectivity index (χ0v) is 18.9. The van der Waals surface area contributed by atoms with Crippen LogP contribution in [0, 0.1) is 0 Å². The van der Waals surface area contributed by atoms with Crippen molar-refractivity contribution in [2.75, 3.05) is 0 Å². The predicted molar refractivity (Wildman–Crippen MR) is 119 cm³/mol. The minimum absolute atomic E-state index is 0. The van der Waals surface area contributed by atoms with E-state index in [0.717, 1.165) is 27.7 Å². The Morgan fingerprint density at radius 2 is 1.50 bits per heavy atom. The zero-order chi connectivity index (χ0) is 20.8. The molecule has 0 fully saturated rings. The van der Waals surface area contributed by atoms with Gasteiger partial charge in [0.1, 0.15) is 5.75 Å². The van der Waals surface area contributed by atoms with Gasteiger partial charge in [0, 0.05) is 38.7 Å². The van der Waals surface area contributed by atoms with Gasteiger partial charge in [0.25, 0.3) is 0 Å². The molecule has 6 aromatic rings. The van der Waals surface area contributed by atoms with Crippen molar-refractivity contribution >= 4 is 27.3 Å². The van der Waals surface area contributed by atoms with E-state index in [4.69, 9.17) is 4.74 Å². The van der Waals surface area contributed by atoms with Gasteiger partial charge in [0.2, 0.25) is 11.8 Å². The summed E-state index contributed by atoms with van der Waals surface area (Å²) in [5.41, 5.74) is 3.09. The second-order valence-corrected chi connectivity index (χ2v) is 7.17. The topological polar surface area (TPSA) is 72.5 Å². The molecule has 0 unspecified atom stereocenters. The molecule has 0 atom stereocenters. The van der Waals surface area contributed by atoms with Crippen LogP contribution < -0.4 is 4.74 Å². The molecule has 4 heterocycles. The van der Waals surface area contributed by atoms with Crippen molar-refractivity contribution < 1.29 is 30.9 Å². The molecule has 158 valence electrons. The summed E-state index contributed by atoms with van der Waals surface area (Å²) >= 11 is 0. The van der Waals surface area contributed by atoms with Crippen molar-refractivity contribution in [2.45, 2.75) is 0 Å². The van der Waals surface area contributed by atoms with E-state index in [1.54, 1.807) is 18.3 Å². The van der Waals surface area contributed by atoms with Crippen molar-refractivity contribution in [1.29, 1.82) is 0 Å². The summed E-state index contributed by atoms with van der Waals surface area (Å²) in [5, 5.41) is 13.2. The van der Waals surface area contributed by atoms with Gasteiger partial charge in [0.15, 0.2) is 5.65 Å². The van der Waals surface area contributed by atoms with E-state index >= 15 is 0 Å². The summed E-state index contributed by atoms with van der Waals surface area (Å²) in [7, 11) is 0. The van der Waals surface area contributed by atoms with Crippen LogP contribution in [0.2, 0.25) is 0 Å². The van der Waals surface area contributed by atoms with E-state index in [1.165, 1.54) is 0 Å². The maximum atomic E-state index is 10.6. The van der Waals surface area contributed by atoms with Crippen molar-refractivity contribution in [1.82, 2.24) is 19.4 Å². The smallest absolute Gasteiger partial charge is 0.240 e. The molecule has 0 aliphatic heterocycles. The standard InChI is InChI=1S/C25H16N4O2.Pt/c30-21-12-5-8-17-16-7-1-2-11-20(16)29-15-23(28-25(29)24(17)21)31-22-13-6-10-19(27-22)18-9-3-4-14-26-18;/h1-15,30H;. The normalized spacial score (nSPS) is 11.0. The maximum absolute atomic E-state index is 10.6. The number of nitrogens with zero attached hydrogens (tertiary/aromatic N) is 4. The van der Waals surface area contributed by atoms with Crippen molar-refractivity contribution in [3.8, 4) is 28.9 Å². The molecule has 4 aromatic heterocycles. The van der Waals surface area contributed by atoms with Crippen LogP contribution in [-0.4, -0.2) is 24.5 Å². The average Bonchev–Trinajstić information content (AvgIpc) is 3.23. The molecular weight excluding hydrogens is 583 g/mol. The number of pyridine rings is 3. The first-order chi connectivity index (χ1) is 15.3. The second kappa shape index (κ2) is 8.06. The summed E-state index contributed by atoms with van der Waals surface area (Å²) in [6, 6.07) is 24.8. The number of ether oxygens (including phenoxy) is 1. The maximum Gasteiger partial charge on any atom is 0.240 e. The third kappa shape index (κ3) is 3.29. The molecule has 0 radical (unpaired) electrons. The van der Waals surface area contributed by atoms with Gasteiger partial charge in [-0.15, -0.1) is 0 Å². The predicted octanol–water partition coefficient (Wildman–Crippen LogP) is 5.59.